The summed E-state index contributed by atoms with van der Waals surface area (Å²) in [5.74, 6) is -1.09. The number of nitro benzene ring substituents is 3. The number of nitrogens with one attached hydrogen (secondary N) is 1. The molecule has 0 aliphatic heterocycles. The van der Waals surface area contributed by atoms with Gasteiger partial charge in [0, 0.05) is 5.56 Å². The van der Waals surface area contributed by atoms with Crippen LogP contribution < -0.4 is 5.73 Å². The molecule has 0 spiro atoms. The van der Waals surface area contributed by atoms with Gasteiger partial charge in [-0.25, -0.2) is 0 Å². The number of amidine groups is 1. The van der Waals surface area contributed by atoms with Gasteiger partial charge in [0.15, 0.2) is 0 Å². The monoisotopic (exact) mass is 399 g/mol. The van der Waals surface area contributed by atoms with E-state index in [-0.39, 0.29) is 5.84 Å². The molecule has 0 aromatic heterocycles. The lowest BCUT2D eigenvalue weighted by molar-refractivity contribution is -0.404. The lowest BCUT2D eigenvalue weighted by Crippen LogP contribution is -2.10. The number of aromatic hydroxyl groups is 1. The zero-order chi connectivity index (χ0) is 21.7. The minimum absolute atomic E-state index is 0.116. The maximum Gasteiger partial charge on any atom is 0.324 e. The Morgan fingerprint density at radius 3 is 1.79 bits per heavy atom. The van der Waals surface area contributed by atoms with Crippen molar-refractivity contribution >= 4 is 33.7 Å². The predicted octanol–water partition coefficient (Wildman–Crippen LogP) is 3.24. The van der Waals surface area contributed by atoms with E-state index >= 15 is 0 Å². The molecule has 3 aromatic rings. The molecule has 29 heavy (non-hydrogen) atoms. The first kappa shape index (κ1) is 20.7. The molecule has 12 nitrogen and oxygen atoms in total. The first-order chi connectivity index (χ1) is 13.6. The summed E-state index contributed by atoms with van der Waals surface area (Å²) in [5, 5.41) is 49.8. The van der Waals surface area contributed by atoms with Crippen LogP contribution in [0.2, 0.25) is 0 Å². The van der Waals surface area contributed by atoms with Gasteiger partial charge in [-0.05, 0) is 16.8 Å². The SMILES string of the molecule is N=C(N)c1ccc2ccccc2c1.O=[N+]([O-])c1cc([N+](=O)[O-])c(O)c([N+](=O)[O-])c1. The van der Waals surface area contributed by atoms with Gasteiger partial charge in [0.05, 0.1) is 26.9 Å². The van der Waals surface area contributed by atoms with Crippen molar-refractivity contribution in [3.63, 3.8) is 0 Å². The molecule has 3 aromatic carbocycles. The number of non-ortho nitro benzene ring substituents is 1. The highest BCUT2D eigenvalue weighted by Crippen LogP contribution is 2.38. The summed E-state index contributed by atoms with van der Waals surface area (Å²) in [6.07, 6.45) is 0. The number of benzene rings is 3. The molecule has 0 unspecified atom stereocenters. The Labute approximate surface area is 161 Å². The van der Waals surface area contributed by atoms with E-state index in [4.69, 9.17) is 16.2 Å². The number of hydrogen-bond donors (Lipinski definition) is 3. The maximum absolute atomic E-state index is 10.4. The van der Waals surface area contributed by atoms with E-state index in [2.05, 4.69) is 0 Å². The van der Waals surface area contributed by atoms with Crippen molar-refractivity contribution in [1.29, 1.82) is 5.41 Å². The molecule has 0 saturated heterocycles. The first-order valence-electron chi connectivity index (χ1n) is 7.75. The third kappa shape index (κ3) is 4.77. The zero-order valence-electron chi connectivity index (χ0n) is 14.5. The molecule has 0 aliphatic rings. The molecule has 12 heteroatoms. The summed E-state index contributed by atoms with van der Waals surface area (Å²) < 4.78 is 0. The van der Waals surface area contributed by atoms with E-state index in [1.54, 1.807) is 0 Å². The van der Waals surface area contributed by atoms with Crippen LogP contribution in [0.3, 0.4) is 0 Å². The molecular weight excluding hydrogens is 386 g/mol. The molecule has 0 bridgehead atoms. The Balaban J connectivity index is 0.000000211. The summed E-state index contributed by atoms with van der Waals surface area (Å²) >= 11 is 0. The Bertz CT molecular complexity index is 1110. The molecule has 0 amide bonds. The molecule has 0 atom stereocenters. The van der Waals surface area contributed by atoms with Gasteiger partial charge in [0.1, 0.15) is 5.84 Å². The van der Waals surface area contributed by atoms with Gasteiger partial charge in [-0.1, -0.05) is 36.4 Å². The predicted molar refractivity (Wildman–Crippen MR) is 103 cm³/mol. The van der Waals surface area contributed by atoms with Crippen molar-refractivity contribution in [1.82, 2.24) is 0 Å². The molecule has 0 heterocycles. The van der Waals surface area contributed by atoms with Crippen LogP contribution in [0.15, 0.2) is 54.6 Å². The highest BCUT2D eigenvalue weighted by molar-refractivity contribution is 5.99. The quantitative estimate of drug-likeness (QED) is 0.257. The minimum Gasteiger partial charge on any atom is -0.497 e. The van der Waals surface area contributed by atoms with Crippen LogP contribution in [0.25, 0.3) is 10.8 Å². The second kappa shape index (κ2) is 8.39. The van der Waals surface area contributed by atoms with Gasteiger partial charge < -0.3 is 10.8 Å². The van der Waals surface area contributed by atoms with Crippen molar-refractivity contribution in [3.8, 4) is 5.75 Å². The summed E-state index contributed by atoms with van der Waals surface area (Å²) in [4.78, 5) is 27.8. The number of rotatable bonds is 4. The van der Waals surface area contributed by atoms with Gasteiger partial charge in [-0.15, -0.1) is 0 Å². The fourth-order valence-corrected chi connectivity index (χ4v) is 2.33. The van der Waals surface area contributed by atoms with Crippen molar-refractivity contribution in [2.45, 2.75) is 0 Å². The summed E-state index contributed by atoms with van der Waals surface area (Å²) in [7, 11) is 0. The first-order valence-corrected chi connectivity index (χ1v) is 7.75. The number of hydrogen-bond acceptors (Lipinski definition) is 8. The van der Waals surface area contributed by atoms with Gasteiger partial charge >= 0.3 is 11.4 Å². The van der Waals surface area contributed by atoms with Crippen molar-refractivity contribution in [2.75, 3.05) is 0 Å². The standard InChI is InChI=1S/C11H10N2.C6H3N3O7/c12-11(13)10-6-5-8-3-1-2-4-9(8)7-10;10-6-4(8(13)14)1-3(7(11)12)2-5(6)9(15)16/h1-7H,(H3,12,13);1-2,10H. The van der Waals surface area contributed by atoms with E-state index in [0.717, 1.165) is 10.9 Å². The van der Waals surface area contributed by atoms with Crippen LogP contribution in [0, 0.1) is 35.8 Å². The lowest BCUT2D eigenvalue weighted by Gasteiger charge is -2.00. The largest absolute Gasteiger partial charge is 0.497 e. The lowest BCUT2D eigenvalue weighted by atomic mass is 10.1. The molecule has 0 aliphatic carbocycles. The topological polar surface area (TPSA) is 200 Å². The normalized spacial score (nSPS) is 9.93. The van der Waals surface area contributed by atoms with E-state index < -0.39 is 37.6 Å². The second-order valence-corrected chi connectivity index (χ2v) is 5.58. The Morgan fingerprint density at radius 1 is 0.828 bits per heavy atom. The maximum atomic E-state index is 10.4. The smallest absolute Gasteiger partial charge is 0.324 e. The molecule has 3 rings (SSSR count). The molecule has 0 radical (unpaired) electrons. The minimum atomic E-state index is -1.21. The number of phenolic OH excluding ortho intramolecular Hbond substituents is 1. The molecule has 0 saturated carbocycles. The number of nitrogens with zero attached hydrogens (tertiary/aromatic N) is 3. The number of nitrogen functional groups attached to an aromatic ring is 1. The second-order valence-electron chi connectivity index (χ2n) is 5.58. The molecule has 0 fully saturated rings. The van der Waals surface area contributed by atoms with Gasteiger partial charge in [0.25, 0.3) is 11.4 Å². The Hall–Kier alpha value is -4.61. The zero-order valence-corrected chi connectivity index (χ0v) is 14.5. The van der Waals surface area contributed by atoms with Crippen LogP contribution in [0.5, 0.6) is 5.75 Å². The molecular formula is C17H13N5O7. The van der Waals surface area contributed by atoms with Gasteiger partial charge in [0.2, 0.25) is 0 Å². The van der Waals surface area contributed by atoms with Crippen LogP contribution >= 0.6 is 0 Å². The van der Waals surface area contributed by atoms with Crippen LogP contribution in [0.4, 0.5) is 17.1 Å². The third-order valence-electron chi connectivity index (χ3n) is 3.72. The van der Waals surface area contributed by atoms with Crippen LogP contribution in [0.1, 0.15) is 5.56 Å². The highest BCUT2D eigenvalue weighted by atomic mass is 16.6. The number of fused-ring (bicyclic) bond motifs is 1. The Kier molecular flexibility index (Phi) is 5.99. The third-order valence-corrected chi connectivity index (χ3v) is 3.72. The van der Waals surface area contributed by atoms with E-state index in [1.807, 2.05) is 42.5 Å². The van der Waals surface area contributed by atoms with Gasteiger partial charge in [-0.3, -0.25) is 35.8 Å². The fraction of sp³-hybridized carbons (Fsp3) is 0. The average Bonchev–Trinajstić information content (AvgIpc) is 2.67. The fourth-order valence-electron chi connectivity index (χ4n) is 2.33. The molecule has 148 valence electrons. The van der Waals surface area contributed by atoms with Crippen LogP contribution in [-0.2, 0) is 0 Å². The Morgan fingerprint density at radius 2 is 1.34 bits per heavy atom. The van der Waals surface area contributed by atoms with Crippen molar-refractivity contribution in [2.24, 2.45) is 5.73 Å². The van der Waals surface area contributed by atoms with Crippen molar-refractivity contribution < 1.29 is 19.9 Å². The summed E-state index contributed by atoms with van der Waals surface area (Å²) in [6.45, 7) is 0. The average molecular weight is 399 g/mol. The van der Waals surface area contributed by atoms with Gasteiger partial charge in [-0.2, -0.15) is 0 Å². The van der Waals surface area contributed by atoms with E-state index in [9.17, 15) is 30.3 Å². The van der Waals surface area contributed by atoms with E-state index in [1.165, 1.54) is 5.39 Å². The van der Waals surface area contributed by atoms with Crippen molar-refractivity contribution in [3.05, 3.63) is 90.5 Å². The number of nitrogens with two attached hydrogens (primary N) is 1. The highest BCUT2D eigenvalue weighted by Gasteiger charge is 2.30. The number of phenols is 1. The summed E-state index contributed by atoms with van der Waals surface area (Å²) in [5.41, 5.74) is 3.16. The van der Waals surface area contributed by atoms with Crippen LogP contribution in [-0.4, -0.2) is 25.7 Å². The number of nitro groups is 3. The molecule has 4 N–H and O–H groups in total. The summed E-state index contributed by atoms with van der Waals surface area (Å²) in [6, 6.07) is 14.7. The van der Waals surface area contributed by atoms with E-state index in [0.29, 0.717) is 12.1 Å².